The Morgan fingerprint density at radius 2 is 1.63 bits per heavy atom. The highest BCUT2D eigenvalue weighted by atomic mass is 19.3. The highest BCUT2D eigenvalue weighted by Gasteiger charge is 2.38. The number of fused-ring (bicyclic) bond motifs is 1. The molecular weight excluding hydrogens is 457 g/mol. The average molecular weight is 478 g/mol. The zero-order valence-electron chi connectivity index (χ0n) is 19.1. The Balaban J connectivity index is 1.57. The van der Waals surface area contributed by atoms with Crippen molar-refractivity contribution in [1.29, 1.82) is 0 Å². The second kappa shape index (κ2) is 8.19. The van der Waals surface area contributed by atoms with Crippen LogP contribution in [0.2, 0.25) is 0 Å². The molecule has 0 saturated heterocycles. The molecule has 35 heavy (non-hydrogen) atoms. The summed E-state index contributed by atoms with van der Waals surface area (Å²) < 4.78 is 45.5. The number of anilines is 1. The van der Waals surface area contributed by atoms with Crippen LogP contribution in [-0.2, 0) is 0 Å². The molecule has 1 aromatic carbocycles. The quantitative estimate of drug-likeness (QED) is 0.395. The van der Waals surface area contributed by atoms with Crippen molar-refractivity contribution in [1.82, 2.24) is 34.3 Å². The predicted molar refractivity (Wildman–Crippen MR) is 124 cm³/mol. The summed E-state index contributed by atoms with van der Waals surface area (Å²) in [5.74, 6) is -3.50. The van der Waals surface area contributed by atoms with Crippen LogP contribution in [-0.4, -0.2) is 40.3 Å². The Morgan fingerprint density at radius 1 is 0.943 bits per heavy atom. The van der Waals surface area contributed by atoms with Crippen molar-refractivity contribution in [3.05, 3.63) is 77.8 Å². The molecule has 0 saturated carbocycles. The summed E-state index contributed by atoms with van der Waals surface area (Å²) in [6.07, 6.45) is 6.42. The molecular formula is C24H21F3N8. The van der Waals surface area contributed by atoms with Gasteiger partial charge in [-0.15, -0.1) is 5.10 Å². The molecule has 4 aromatic heterocycles. The molecule has 5 aromatic rings. The molecule has 0 aliphatic heterocycles. The van der Waals surface area contributed by atoms with Crippen molar-refractivity contribution in [3.8, 4) is 22.5 Å². The SMILES string of the molecule is Cc1nn([C@H](c2ccc(F)cc2)C(C)(F)F)cc1-c1cncc(-c2ccn3nc(N)nc3c2C)n1. The Kier molecular flexibility index (Phi) is 5.27. The van der Waals surface area contributed by atoms with E-state index in [4.69, 9.17) is 10.7 Å². The molecule has 0 spiro atoms. The van der Waals surface area contributed by atoms with Gasteiger partial charge in [-0.2, -0.15) is 10.1 Å². The van der Waals surface area contributed by atoms with Crippen LogP contribution in [0.15, 0.2) is 55.1 Å². The van der Waals surface area contributed by atoms with Crippen molar-refractivity contribution < 1.29 is 13.2 Å². The first-order chi connectivity index (χ1) is 16.6. The van der Waals surface area contributed by atoms with Gasteiger partial charge in [-0.1, -0.05) is 12.1 Å². The van der Waals surface area contributed by atoms with Gasteiger partial charge in [-0.05, 0) is 37.6 Å². The normalized spacial score (nSPS) is 12.9. The second-order valence-electron chi connectivity index (χ2n) is 8.40. The lowest BCUT2D eigenvalue weighted by Crippen LogP contribution is -2.29. The average Bonchev–Trinajstić information content (AvgIpc) is 3.37. The summed E-state index contributed by atoms with van der Waals surface area (Å²) in [6, 6.07) is 5.40. The fourth-order valence-electron chi connectivity index (χ4n) is 4.18. The minimum atomic E-state index is -3.16. The molecule has 2 N–H and O–H groups in total. The van der Waals surface area contributed by atoms with E-state index >= 15 is 0 Å². The number of aryl methyl sites for hydroxylation is 2. The van der Waals surface area contributed by atoms with Gasteiger partial charge < -0.3 is 5.73 Å². The number of hydrogen-bond donors (Lipinski definition) is 1. The zero-order chi connectivity index (χ0) is 24.9. The summed E-state index contributed by atoms with van der Waals surface area (Å²) in [5.41, 5.74) is 10.3. The molecule has 0 bridgehead atoms. The number of rotatable bonds is 5. The first-order valence-corrected chi connectivity index (χ1v) is 10.7. The molecule has 0 fully saturated rings. The molecule has 11 heteroatoms. The summed E-state index contributed by atoms with van der Waals surface area (Å²) in [4.78, 5) is 13.3. The number of nitrogen functional groups attached to an aromatic ring is 1. The Bertz CT molecular complexity index is 1530. The number of hydrogen-bond acceptors (Lipinski definition) is 6. The third kappa shape index (κ3) is 4.09. The Morgan fingerprint density at radius 3 is 2.31 bits per heavy atom. The predicted octanol–water partition coefficient (Wildman–Crippen LogP) is 4.63. The van der Waals surface area contributed by atoms with E-state index in [1.54, 1.807) is 30.0 Å². The summed E-state index contributed by atoms with van der Waals surface area (Å²) in [5, 5.41) is 8.46. The van der Waals surface area contributed by atoms with Crippen LogP contribution in [0, 0.1) is 19.7 Å². The van der Waals surface area contributed by atoms with Gasteiger partial charge in [0.2, 0.25) is 5.95 Å². The highest BCUT2D eigenvalue weighted by Crippen LogP contribution is 2.36. The number of nitrogens with two attached hydrogens (primary N) is 1. The van der Waals surface area contributed by atoms with Gasteiger partial charge in [-0.3, -0.25) is 9.67 Å². The number of alkyl halides is 2. The van der Waals surface area contributed by atoms with E-state index in [0.717, 1.165) is 30.2 Å². The van der Waals surface area contributed by atoms with E-state index in [0.29, 0.717) is 28.3 Å². The topological polar surface area (TPSA) is 99.8 Å². The van der Waals surface area contributed by atoms with Gasteiger partial charge in [0.25, 0.3) is 5.92 Å². The number of halogens is 3. The maximum absolute atomic E-state index is 14.7. The Hall–Kier alpha value is -4.28. The van der Waals surface area contributed by atoms with Gasteiger partial charge in [0.15, 0.2) is 5.65 Å². The number of pyridine rings is 1. The lowest BCUT2D eigenvalue weighted by atomic mass is 10.0. The van der Waals surface area contributed by atoms with Gasteiger partial charge in [0.05, 0.1) is 29.5 Å². The van der Waals surface area contributed by atoms with E-state index in [9.17, 15) is 13.2 Å². The maximum Gasteiger partial charge on any atom is 0.271 e. The molecule has 5 rings (SSSR count). The van der Waals surface area contributed by atoms with Gasteiger partial charge in [0, 0.05) is 36.0 Å². The van der Waals surface area contributed by atoms with Crippen molar-refractivity contribution in [2.75, 3.05) is 5.73 Å². The fourth-order valence-corrected chi connectivity index (χ4v) is 4.18. The van der Waals surface area contributed by atoms with Gasteiger partial charge in [0.1, 0.15) is 11.9 Å². The molecule has 8 nitrogen and oxygen atoms in total. The van der Waals surface area contributed by atoms with E-state index in [1.165, 1.54) is 23.0 Å². The molecule has 178 valence electrons. The summed E-state index contributed by atoms with van der Waals surface area (Å²) >= 11 is 0. The molecule has 1 atom stereocenters. The van der Waals surface area contributed by atoms with Crippen LogP contribution in [0.4, 0.5) is 19.1 Å². The van der Waals surface area contributed by atoms with E-state index < -0.39 is 17.8 Å². The first kappa shape index (κ1) is 22.5. The van der Waals surface area contributed by atoms with Crippen LogP contribution in [0.5, 0.6) is 0 Å². The number of benzene rings is 1. The number of nitrogens with zero attached hydrogens (tertiary/aromatic N) is 7. The molecule has 4 heterocycles. The van der Waals surface area contributed by atoms with Crippen molar-refractivity contribution in [2.45, 2.75) is 32.7 Å². The van der Waals surface area contributed by atoms with Crippen molar-refractivity contribution >= 4 is 11.6 Å². The van der Waals surface area contributed by atoms with Crippen LogP contribution >= 0.6 is 0 Å². The van der Waals surface area contributed by atoms with Crippen LogP contribution in [0.25, 0.3) is 28.2 Å². The van der Waals surface area contributed by atoms with E-state index in [-0.39, 0.29) is 11.5 Å². The van der Waals surface area contributed by atoms with Crippen LogP contribution in [0.1, 0.15) is 29.8 Å². The fraction of sp³-hybridized carbons (Fsp3) is 0.208. The van der Waals surface area contributed by atoms with E-state index in [1.807, 2.05) is 13.0 Å². The smallest absolute Gasteiger partial charge is 0.271 e. The molecule has 0 amide bonds. The highest BCUT2D eigenvalue weighted by molar-refractivity contribution is 5.72. The maximum atomic E-state index is 14.7. The molecule has 0 aliphatic rings. The van der Waals surface area contributed by atoms with Crippen molar-refractivity contribution in [2.24, 2.45) is 0 Å². The monoisotopic (exact) mass is 478 g/mol. The zero-order valence-corrected chi connectivity index (χ0v) is 19.1. The number of aromatic nitrogens is 7. The lowest BCUT2D eigenvalue weighted by Gasteiger charge is -2.24. The summed E-state index contributed by atoms with van der Waals surface area (Å²) in [6.45, 7) is 4.41. The minimum Gasteiger partial charge on any atom is -0.366 e. The molecule has 0 aliphatic carbocycles. The van der Waals surface area contributed by atoms with E-state index in [2.05, 4.69) is 20.2 Å². The van der Waals surface area contributed by atoms with Gasteiger partial charge >= 0.3 is 0 Å². The summed E-state index contributed by atoms with van der Waals surface area (Å²) in [7, 11) is 0. The third-order valence-corrected chi connectivity index (χ3v) is 5.80. The Labute approximate surface area is 198 Å². The standard InChI is InChI=1S/C24H21F3N8/c1-13-17(8-9-34-22(13)31-23(28)33-34)19-10-29-11-20(30-19)18-12-35(32-14(18)2)21(24(3,26)27)15-4-6-16(25)7-5-15/h4-12,21H,1-3H3,(H2,28,33)/t21-/m1/s1. The van der Waals surface area contributed by atoms with Gasteiger partial charge in [-0.25, -0.2) is 22.7 Å². The lowest BCUT2D eigenvalue weighted by molar-refractivity contribution is -0.0217. The largest absolute Gasteiger partial charge is 0.366 e. The molecule has 0 unspecified atom stereocenters. The van der Waals surface area contributed by atoms with Crippen molar-refractivity contribution in [3.63, 3.8) is 0 Å². The minimum absolute atomic E-state index is 0.163. The first-order valence-electron chi connectivity index (χ1n) is 10.7. The van der Waals surface area contributed by atoms with Crippen LogP contribution < -0.4 is 5.73 Å². The molecule has 0 radical (unpaired) electrons. The third-order valence-electron chi connectivity index (χ3n) is 5.80. The second-order valence-corrected chi connectivity index (χ2v) is 8.40. The van der Waals surface area contributed by atoms with Crippen LogP contribution in [0.3, 0.4) is 0 Å².